The third-order valence-electron chi connectivity index (χ3n) is 2.34. The summed E-state index contributed by atoms with van der Waals surface area (Å²) in [5.74, 6) is 0. The highest BCUT2D eigenvalue weighted by Gasteiger charge is 2.26. The predicted octanol–water partition coefficient (Wildman–Crippen LogP) is 1.16. The summed E-state index contributed by atoms with van der Waals surface area (Å²) in [4.78, 5) is 0. The average molecular weight is 196 g/mol. The number of hydrogen-bond acceptors (Lipinski definition) is 2. The first kappa shape index (κ1) is 11.1. The fourth-order valence-electron chi connectivity index (χ4n) is 1.42. The van der Waals surface area contributed by atoms with Crippen LogP contribution in [0.2, 0.25) is 0 Å². The van der Waals surface area contributed by atoms with E-state index in [1.54, 1.807) is 0 Å². The minimum absolute atomic E-state index is 0.0303. The van der Waals surface area contributed by atoms with Crippen molar-refractivity contribution < 1.29 is 4.39 Å². The predicted molar refractivity (Wildman–Crippen MR) is 56.8 cm³/mol. The number of aryl methyl sites for hydroxylation is 1. The lowest BCUT2D eigenvalue weighted by molar-refractivity contribution is 0.184. The Hall–Kier alpha value is -0.930. The molecule has 1 aromatic carbocycles. The zero-order valence-corrected chi connectivity index (χ0v) is 8.46. The van der Waals surface area contributed by atoms with Crippen molar-refractivity contribution in [1.29, 1.82) is 0 Å². The van der Waals surface area contributed by atoms with E-state index in [9.17, 15) is 4.39 Å². The highest BCUT2D eigenvalue weighted by Crippen LogP contribution is 2.16. The van der Waals surface area contributed by atoms with Crippen LogP contribution in [0.15, 0.2) is 24.3 Å². The van der Waals surface area contributed by atoms with Gasteiger partial charge in [0.1, 0.15) is 5.67 Å². The molecule has 0 saturated heterocycles. The zero-order valence-electron chi connectivity index (χ0n) is 8.46. The van der Waals surface area contributed by atoms with Crippen molar-refractivity contribution in [2.24, 2.45) is 11.5 Å². The molecule has 78 valence electrons. The molecule has 0 unspecified atom stereocenters. The summed E-state index contributed by atoms with van der Waals surface area (Å²) in [6.45, 7) is 1.92. The van der Waals surface area contributed by atoms with Crippen LogP contribution in [-0.4, -0.2) is 18.8 Å². The number of nitrogens with two attached hydrogens (primary N) is 2. The maximum atomic E-state index is 13.8. The fraction of sp³-hybridized carbons (Fsp3) is 0.455. The first-order valence-electron chi connectivity index (χ1n) is 4.74. The lowest BCUT2D eigenvalue weighted by atomic mass is 9.95. The van der Waals surface area contributed by atoms with Crippen molar-refractivity contribution in [3.05, 3.63) is 35.4 Å². The zero-order chi connectivity index (χ0) is 10.6. The number of rotatable bonds is 4. The number of hydrogen-bond donors (Lipinski definition) is 2. The summed E-state index contributed by atoms with van der Waals surface area (Å²) in [7, 11) is 0. The summed E-state index contributed by atoms with van der Waals surface area (Å²) in [5.41, 5.74) is 11.3. The highest BCUT2D eigenvalue weighted by molar-refractivity contribution is 5.23. The Morgan fingerprint density at radius 2 is 1.93 bits per heavy atom. The van der Waals surface area contributed by atoms with E-state index in [0.29, 0.717) is 6.42 Å². The second-order valence-electron chi connectivity index (χ2n) is 3.72. The molecule has 0 aromatic heterocycles. The molecule has 1 aromatic rings. The van der Waals surface area contributed by atoms with Crippen molar-refractivity contribution in [2.75, 3.05) is 13.1 Å². The van der Waals surface area contributed by atoms with Gasteiger partial charge in [0.25, 0.3) is 0 Å². The van der Waals surface area contributed by atoms with Gasteiger partial charge in [0.05, 0.1) is 0 Å². The lowest BCUT2D eigenvalue weighted by Gasteiger charge is -2.21. The van der Waals surface area contributed by atoms with Gasteiger partial charge in [0.2, 0.25) is 0 Å². The molecular weight excluding hydrogens is 179 g/mol. The maximum absolute atomic E-state index is 13.8. The van der Waals surface area contributed by atoms with Gasteiger partial charge in [-0.2, -0.15) is 0 Å². The molecule has 1 rings (SSSR count). The Labute approximate surface area is 84.1 Å². The molecule has 14 heavy (non-hydrogen) atoms. The fourth-order valence-corrected chi connectivity index (χ4v) is 1.42. The van der Waals surface area contributed by atoms with E-state index in [-0.39, 0.29) is 13.1 Å². The van der Waals surface area contributed by atoms with Gasteiger partial charge in [-0.1, -0.05) is 29.8 Å². The van der Waals surface area contributed by atoms with Crippen molar-refractivity contribution in [3.63, 3.8) is 0 Å². The molecule has 3 heteroatoms. The van der Waals surface area contributed by atoms with E-state index in [2.05, 4.69) is 0 Å². The molecule has 0 amide bonds. The van der Waals surface area contributed by atoms with Crippen molar-refractivity contribution in [2.45, 2.75) is 19.0 Å². The molecule has 0 fully saturated rings. The van der Waals surface area contributed by atoms with Crippen LogP contribution in [0.3, 0.4) is 0 Å². The molecule has 0 aliphatic heterocycles. The Bertz CT molecular complexity index is 295. The normalized spacial score (nSPS) is 11.7. The number of alkyl halides is 1. The molecular formula is C11H17FN2. The molecule has 0 aliphatic rings. The maximum Gasteiger partial charge on any atom is 0.139 e. The molecule has 4 N–H and O–H groups in total. The highest BCUT2D eigenvalue weighted by atomic mass is 19.1. The van der Waals surface area contributed by atoms with Crippen LogP contribution in [0, 0.1) is 6.92 Å². The first-order chi connectivity index (χ1) is 6.59. The Morgan fingerprint density at radius 1 is 1.29 bits per heavy atom. The minimum atomic E-state index is -1.46. The van der Waals surface area contributed by atoms with Crippen LogP contribution in [0.4, 0.5) is 4.39 Å². The summed E-state index contributed by atoms with van der Waals surface area (Å²) in [5, 5.41) is 0. The SMILES string of the molecule is Cc1cccc(CC(F)(CN)CN)c1. The molecule has 0 aliphatic carbocycles. The second kappa shape index (κ2) is 4.53. The van der Waals surface area contributed by atoms with Crippen LogP contribution in [0.5, 0.6) is 0 Å². The van der Waals surface area contributed by atoms with E-state index in [4.69, 9.17) is 11.5 Å². The van der Waals surface area contributed by atoms with Crippen molar-refractivity contribution in [3.8, 4) is 0 Å². The monoisotopic (exact) mass is 196 g/mol. The van der Waals surface area contributed by atoms with Gasteiger partial charge in [-0.05, 0) is 12.5 Å². The standard InChI is InChI=1S/C11H17FN2/c1-9-3-2-4-10(5-9)6-11(12,7-13)8-14/h2-5H,6-8,13-14H2,1H3. The number of benzene rings is 1. The van der Waals surface area contributed by atoms with Crippen molar-refractivity contribution in [1.82, 2.24) is 0 Å². The third-order valence-corrected chi connectivity index (χ3v) is 2.34. The van der Waals surface area contributed by atoms with Gasteiger partial charge < -0.3 is 11.5 Å². The molecule has 0 heterocycles. The second-order valence-corrected chi connectivity index (χ2v) is 3.72. The van der Waals surface area contributed by atoms with Crippen LogP contribution < -0.4 is 11.5 Å². The third kappa shape index (κ3) is 2.79. The molecule has 0 atom stereocenters. The Morgan fingerprint density at radius 3 is 2.43 bits per heavy atom. The van der Waals surface area contributed by atoms with E-state index < -0.39 is 5.67 Å². The Balaban J connectivity index is 2.77. The van der Waals surface area contributed by atoms with Gasteiger partial charge in [0.15, 0.2) is 0 Å². The summed E-state index contributed by atoms with van der Waals surface area (Å²) >= 11 is 0. The van der Waals surface area contributed by atoms with Gasteiger partial charge in [0, 0.05) is 19.5 Å². The van der Waals surface area contributed by atoms with E-state index >= 15 is 0 Å². The van der Waals surface area contributed by atoms with E-state index in [1.807, 2.05) is 31.2 Å². The lowest BCUT2D eigenvalue weighted by Crippen LogP contribution is -2.42. The van der Waals surface area contributed by atoms with E-state index in [1.165, 1.54) is 0 Å². The van der Waals surface area contributed by atoms with Gasteiger partial charge in [-0.15, -0.1) is 0 Å². The Kier molecular flexibility index (Phi) is 3.61. The molecule has 0 radical (unpaired) electrons. The van der Waals surface area contributed by atoms with Gasteiger partial charge in [-0.3, -0.25) is 0 Å². The minimum Gasteiger partial charge on any atom is -0.327 e. The van der Waals surface area contributed by atoms with Crippen LogP contribution in [0.1, 0.15) is 11.1 Å². The first-order valence-corrected chi connectivity index (χ1v) is 4.74. The molecule has 0 spiro atoms. The van der Waals surface area contributed by atoms with Crippen LogP contribution >= 0.6 is 0 Å². The smallest absolute Gasteiger partial charge is 0.139 e. The van der Waals surface area contributed by atoms with E-state index in [0.717, 1.165) is 11.1 Å². The van der Waals surface area contributed by atoms with Crippen molar-refractivity contribution >= 4 is 0 Å². The largest absolute Gasteiger partial charge is 0.327 e. The van der Waals surface area contributed by atoms with Gasteiger partial charge >= 0.3 is 0 Å². The topological polar surface area (TPSA) is 52.0 Å². The quantitative estimate of drug-likeness (QED) is 0.759. The summed E-state index contributed by atoms with van der Waals surface area (Å²) < 4.78 is 13.8. The van der Waals surface area contributed by atoms with Crippen LogP contribution in [-0.2, 0) is 6.42 Å². The average Bonchev–Trinajstić information content (AvgIpc) is 2.18. The molecule has 0 saturated carbocycles. The molecule has 0 bridgehead atoms. The summed E-state index contributed by atoms with van der Waals surface area (Å²) in [6, 6.07) is 7.75. The summed E-state index contributed by atoms with van der Waals surface area (Å²) in [6.07, 6.45) is 0.293. The van der Waals surface area contributed by atoms with Gasteiger partial charge in [-0.25, -0.2) is 4.39 Å². The van der Waals surface area contributed by atoms with Crippen LogP contribution in [0.25, 0.3) is 0 Å². The number of halogens is 1. The molecule has 2 nitrogen and oxygen atoms in total.